The topological polar surface area (TPSA) is 51.8 Å². The van der Waals surface area contributed by atoms with Crippen LogP contribution in [-0.2, 0) is 0 Å². The quantitative estimate of drug-likeness (QED) is 0.185. The molecule has 0 saturated heterocycles. The molecule has 0 amide bonds. The standard InChI is InChI=1S/C45H27N3OS/c1-4-12-28(13-5-1)33-26-35(29-14-6-2-7-15-29)42-38(27-33)36-24-31(20-22-39(36)49-42)44-46-43(30-16-8-3-9-17-30)47-45(48-44)32-21-23-41-37(25-32)34-18-10-11-19-40(34)50-41/h1-27H. The molecule has 0 spiro atoms. The van der Waals surface area contributed by atoms with E-state index < -0.39 is 0 Å². The lowest BCUT2D eigenvalue weighted by atomic mass is 9.95. The van der Waals surface area contributed by atoms with Crippen molar-refractivity contribution in [3.05, 3.63) is 164 Å². The first-order chi connectivity index (χ1) is 24.7. The van der Waals surface area contributed by atoms with Gasteiger partial charge in [0.25, 0.3) is 0 Å². The zero-order valence-electron chi connectivity index (χ0n) is 26.7. The predicted octanol–water partition coefficient (Wildman–Crippen LogP) is 12.5. The third-order valence-electron chi connectivity index (χ3n) is 9.32. The Labute approximate surface area is 292 Å². The van der Waals surface area contributed by atoms with Gasteiger partial charge in [-0.25, -0.2) is 15.0 Å². The first kappa shape index (κ1) is 28.6. The molecular formula is C45H27N3OS. The molecule has 0 atom stereocenters. The number of thiophene rings is 1. The summed E-state index contributed by atoms with van der Waals surface area (Å²) in [7, 11) is 0. The smallest absolute Gasteiger partial charge is 0.164 e. The van der Waals surface area contributed by atoms with Crippen LogP contribution in [-0.4, -0.2) is 15.0 Å². The van der Waals surface area contributed by atoms with Gasteiger partial charge < -0.3 is 4.42 Å². The van der Waals surface area contributed by atoms with Crippen molar-refractivity contribution >= 4 is 53.4 Å². The molecule has 7 aromatic carbocycles. The van der Waals surface area contributed by atoms with Crippen molar-refractivity contribution in [3.63, 3.8) is 0 Å². The lowest BCUT2D eigenvalue weighted by molar-refractivity contribution is 0.670. The molecule has 0 N–H and O–H groups in total. The molecule has 0 bridgehead atoms. The first-order valence-electron chi connectivity index (χ1n) is 16.6. The van der Waals surface area contributed by atoms with Gasteiger partial charge in [0.15, 0.2) is 17.5 Å². The Morgan fingerprint density at radius 3 is 1.62 bits per heavy atom. The van der Waals surface area contributed by atoms with Gasteiger partial charge in [-0.05, 0) is 71.3 Å². The molecule has 0 unspecified atom stereocenters. The fourth-order valence-corrected chi connectivity index (χ4v) is 7.95. The minimum Gasteiger partial charge on any atom is -0.455 e. The van der Waals surface area contributed by atoms with Crippen molar-refractivity contribution in [1.29, 1.82) is 0 Å². The van der Waals surface area contributed by atoms with Gasteiger partial charge >= 0.3 is 0 Å². The number of hydrogen-bond acceptors (Lipinski definition) is 5. The van der Waals surface area contributed by atoms with Crippen LogP contribution in [0.15, 0.2) is 168 Å². The van der Waals surface area contributed by atoms with Crippen LogP contribution in [0.3, 0.4) is 0 Å². The molecule has 0 fully saturated rings. The monoisotopic (exact) mass is 657 g/mol. The van der Waals surface area contributed by atoms with Crippen molar-refractivity contribution in [2.45, 2.75) is 0 Å². The molecule has 5 heteroatoms. The van der Waals surface area contributed by atoms with Crippen LogP contribution in [0.4, 0.5) is 0 Å². The van der Waals surface area contributed by atoms with Crippen molar-refractivity contribution in [2.75, 3.05) is 0 Å². The SMILES string of the molecule is c1ccc(-c2cc(-c3ccccc3)c3oc4ccc(-c5nc(-c6ccccc6)nc(-c6ccc7sc8ccccc8c7c6)n5)cc4c3c2)cc1. The molecule has 0 aliphatic carbocycles. The van der Waals surface area contributed by atoms with Crippen molar-refractivity contribution in [3.8, 4) is 56.4 Å². The Morgan fingerprint density at radius 2 is 0.900 bits per heavy atom. The zero-order chi connectivity index (χ0) is 33.0. The Hall–Kier alpha value is -6.43. The van der Waals surface area contributed by atoms with E-state index >= 15 is 0 Å². The summed E-state index contributed by atoms with van der Waals surface area (Å²) in [6.07, 6.45) is 0. The summed E-state index contributed by atoms with van der Waals surface area (Å²) in [6, 6.07) is 56.8. The summed E-state index contributed by atoms with van der Waals surface area (Å²) >= 11 is 1.81. The van der Waals surface area contributed by atoms with Crippen LogP contribution in [0.5, 0.6) is 0 Å². The molecule has 50 heavy (non-hydrogen) atoms. The van der Waals surface area contributed by atoms with Crippen LogP contribution in [0.25, 0.3) is 98.5 Å². The van der Waals surface area contributed by atoms with Crippen LogP contribution in [0, 0.1) is 0 Å². The fraction of sp³-hybridized carbons (Fsp3) is 0. The number of hydrogen-bond donors (Lipinski definition) is 0. The second kappa shape index (κ2) is 11.6. The summed E-state index contributed by atoms with van der Waals surface area (Å²) in [4.78, 5) is 15.2. The van der Waals surface area contributed by atoms with E-state index in [0.29, 0.717) is 17.5 Å². The number of aromatic nitrogens is 3. The van der Waals surface area contributed by atoms with Gasteiger partial charge in [0.05, 0.1) is 0 Å². The first-order valence-corrected chi connectivity index (χ1v) is 17.4. The van der Waals surface area contributed by atoms with Crippen LogP contribution in [0.2, 0.25) is 0 Å². The van der Waals surface area contributed by atoms with E-state index in [1.165, 1.54) is 20.2 Å². The summed E-state index contributed by atoms with van der Waals surface area (Å²) < 4.78 is 9.14. The summed E-state index contributed by atoms with van der Waals surface area (Å²) in [5, 5.41) is 4.52. The third kappa shape index (κ3) is 4.87. The summed E-state index contributed by atoms with van der Waals surface area (Å²) in [5.41, 5.74) is 8.93. The van der Waals surface area contributed by atoms with Gasteiger partial charge in [-0.3, -0.25) is 0 Å². The molecule has 0 radical (unpaired) electrons. The number of fused-ring (bicyclic) bond motifs is 6. The average molecular weight is 658 g/mol. The van der Waals surface area contributed by atoms with E-state index in [1.54, 1.807) is 11.3 Å². The van der Waals surface area contributed by atoms with Crippen LogP contribution in [0.1, 0.15) is 0 Å². The van der Waals surface area contributed by atoms with E-state index in [-0.39, 0.29) is 0 Å². The lowest BCUT2D eigenvalue weighted by Crippen LogP contribution is -2.00. The molecule has 10 rings (SSSR count). The number of rotatable bonds is 5. The van der Waals surface area contributed by atoms with Crippen molar-refractivity contribution in [1.82, 2.24) is 15.0 Å². The number of benzene rings is 7. The molecule has 4 nitrogen and oxygen atoms in total. The molecule has 0 aliphatic rings. The summed E-state index contributed by atoms with van der Waals surface area (Å²) in [6.45, 7) is 0. The van der Waals surface area contributed by atoms with Gasteiger partial charge in [0, 0.05) is 53.2 Å². The highest BCUT2D eigenvalue weighted by Gasteiger charge is 2.18. The Balaban J connectivity index is 1.18. The van der Waals surface area contributed by atoms with Crippen molar-refractivity contribution in [2.24, 2.45) is 0 Å². The number of nitrogens with zero attached hydrogens (tertiary/aromatic N) is 3. The average Bonchev–Trinajstić information content (AvgIpc) is 3.76. The largest absolute Gasteiger partial charge is 0.455 e. The minimum atomic E-state index is 0.614. The van der Waals surface area contributed by atoms with Gasteiger partial charge in [0.2, 0.25) is 0 Å². The lowest BCUT2D eigenvalue weighted by Gasteiger charge is -2.09. The molecule has 10 aromatic rings. The van der Waals surface area contributed by atoms with Gasteiger partial charge in [-0.2, -0.15) is 0 Å². The van der Waals surface area contributed by atoms with Gasteiger partial charge in [0.1, 0.15) is 11.2 Å². The van der Waals surface area contributed by atoms with E-state index in [0.717, 1.165) is 60.9 Å². The highest BCUT2D eigenvalue weighted by molar-refractivity contribution is 7.25. The summed E-state index contributed by atoms with van der Waals surface area (Å²) in [5.74, 6) is 1.89. The van der Waals surface area contributed by atoms with E-state index in [1.807, 2.05) is 48.5 Å². The van der Waals surface area contributed by atoms with E-state index in [4.69, 9.17) is 19.4 Å². The maximum Gasteiger partial charge on any atom is 0.164 e. The molecular weight excluding hydrogens is 631 g/mol. The molecule has 0 aliphatic heterocycles. The van der Waals surface area contributed by atoms with Crippen molar-refractivity contribution < 1.29 is 4.42 Å². The molecule has 3 aromatic heterocycles. The van der Waals surface area contributed by atoms with E-state index in [9.17, 15) is 0 Å². The van der Waals surface area contributed by atoms with Crippen LogP contribution < -0.4 is 0 Å². The van der Waals surface area contributed by atoms with E-state index in [2.05, 4.69) is 115 Å². The zero-order valence-corrected chi connectivity index (χ0v) is 27.6. The Morgan fingerprint density at radius 1 is 0.360 bits per heavy atom. The molecule has 3 heterocycles. The van der Waals surface area contributed by atoms with Gasteiger partial charge in [-0.1, -0.05) is 109 Å². The Kier molecular flexibility index (Phi) is 6.64. The number of furan rings is 1. The second-order valence-corrected chi connectivity index (χ2v) is 13.5. The maximum absolute atomic E-state index is 6.62. The Bertz CT molecular complexity index is 2860. The normalized spacial score (nSPS) is 11.6. The highest BCUT2D eigenvalue weighted by Crippen LogP contribution is 2.41. The highest BCUT2D eigenvalue weighted by atomic mass is 32.1. The third-order valence-corrected chi connectivity index (χ3v) is 10.5. The maximum atomic E-state index is 6.62. The fourth-order valence-electron chi connectivity index (χ4n) is 6.86. The minimum absolute atomic E-state index is 0.614. The van der Waals surface area contributed by atoms with Crippen LogP contribution >= 0.6 is 11.3 Å². The second-order valence-electron chi connectivity index (χ2n) is 12.4. The molecule has 0 saturated carbocycles. The predicted molar refractivity (Wildman–Crippen MR) is 207 cm³/mol. The molecule has 234 valence electrons. The van der Waals surface area contributed by atoms with Gasteiger partial charge in [-0.15, -0.1) is 11.3 Å².